The second-order valence-electron chi connectivity index (χ2n) is 19.5. The molecule has 0 radical (unpaired) electrons. The molecule has 4 aromatic carbocycles. The molecule has 0 saturated carbocycles. The highest BCUT2D eigenvalue weighted by molar-refractivity contribution is 7.99. The first-order valence-electron chi connectivity index (χ1n) is 24.8. The van der Waals surface area contributed by atoms with Crippen LogP contribution in [0.1, 0.15) is 93.4 Å². The molecule has 378 valence electrons. The highest BCUT2D eigenvalue weighted by Gasteiger charge is 2.33. The third kappa shape index (κ3) is 12.6. The topological polar surface area (TPSA) is 127 Å². The van der Waals surface area contributed by atoms with Gasteiger partial charge in [-0.25, -0.2) is 0 Å². The number of likely N-dealkylation sites (tertiary alicyclic amines) is 2. The quantitative estimate of drug-likeness (QED) is 0.104. The van der Waals surface area contributed by atoms with E-state index in [1.54, 1.807) is 6.26 Å². The van der Waals surface area contributed by atoms with Crippen LogP contribution in [-0.4, -0.2) is 101 Å². The summed E-state index contributed by atoms with van der Waals surface area (Å²) in [7, 11) is -6.01. The van der Waals surface area contributed by atoms with Crippen molar-refractivity contribution in [1.29, 1.82) is 0 Å². The zero-order chi connectivity index (χ0) is 51.3. The summed E-state index contributed by atoms with van der Waals surface area (Å²) in [5.74, 6) is 2.87. The number of benzene rings is 4. The lowest BCUT2D eigenvalue weighted by Gasteiger charge is -2.33. The summed E-state index contributed by atoms with van der Waals surface area (Å²) in [4.78, 5) is 40.6. The molecule has 2 fully saturated rings. The van der Waals surface area contributed by atoms with Crippen molar-refractivity contribution in [2.45, 2.75) is 63.2 Å². The van der Waals surface area contributed by atoms with Crippen molar-refractivity contribution in [3.63, 3.8) is 0 Å². The standard InChI is InChI=1S/C30H31ClN2O2S.C29H29ClN2O4S/c1-36(2,35)20-27(21-7-4-3-5-8-21)30(34)33-17-14-22(15-18-33)28-26-13-12-25(31)19-24(26)11-10-23-9-6-16-32-29(23)28;1-37(34,35)36-19-26(20-6-3-2-4-7-20)29(33)32-16-13-21(14-17-32)27-25-12-11-24(30)18-23(25)10-9-22-8-5-15-31-28(22)27/h3-9,12-13,16,19,27H,1,10-11,14-15,17-18,20H2,2H3;2-8,11-12,15,18,26H,9-10,13-14,16-17,19H2,1H3. The first-order valence-corrected chi connectivity index (χ1v) is 29.7. The van der Waals surface area contributed by atoms with Crippen LogP contribution in [0, 0.1) is 0 Å². The van der Waals surface area contributed by atoms with Crippen molar-refractivity contribution in [2.75, 3.05) is 51.1 Å². The highest BCUT2D eigenvalue weighted by atomic mass is 35.5. The Morgan fingerprint density at radius 2 is 0.973 bits per heavy atom. The number of amides is 2. The molecule has 4 heterocycles. The molecule has 10 nitrogen and oxygen atoms in total. The summed E-state index contributed by atoms with van der Waals surface area (Å²) < 4.78 is 41.0. The van der Waals surface area contributed by atoms with Crippen LogP contribution in [0.2, 0.25) is 10.0 Å². The van der Waals surface area contributed by atoms with Crippen molar-refractivity contribution in [1.82, 2.24) is 19.8 Å². The molecule has 73 heavy (non-hydrogen) atoms. The molecule has 2 aliphatic carbocycles. The van der Waals surface area contributed by atoms with E-state index in [0.29, 0.717) is 39.0 Å². The molecule has 2 aliphatic heterocycles. The second kappa shape index (κ2) is 22.7. The van der Waals surface area contributed by atoms with Crippen molar-refractivity contribution < 1.29 is 26.4 Å². The molecule has 2 aromatic heterocycles. The molecule has 2 amide bonds. The lowest BCUT2D eigenvalue weighted by atomic mass is 9.88. The monoisotopic (exact) mass is 1050 g/mol. The Bertz CT molecular complexity index is 3310. The molecule has 0 spiro atoms. The van der Waals surface area contributed by atoms with E-state index in [2.05, 4.69) is 36.2 Å². The van der Waals surface area contributed by atoms with Gasteiger partial charge in [0.1, 0.15) is 0 Å². The molecule has 0 bridgehead atoms. The summed E-state index contributed by atoms with van der Waals surface area (Å²) in [6, 6.07) is 39.4. The van der Waals surface area contributed by atoms with Gasteiger partial charge in [-0.1, -0.05) is 119 Å². The van der Waals surface area contributed by atoms with E-state index in [0.717, 1.165) is 82.9 Å². The molecule has 10 rings (SSSR count). The van der Waals surface area contributed by atoms with Gasteiger partial charge in [0, 0.05) is 71.8 Å². The summed E-state index contributed by atoms with van der Waals surface area (Å²) in [5.41, 5.74) is 16.0. The average Bonchev–Trinajstić information content (AvgIpc) is 3.66. The fourth-order valence-corrected chi connectivity index (χ4v) is 12.5. The molecule has 2 saturated heterocycles. The molecular formula is C59H60Cl2N4O6S2. The maximum absolute atomic E-state index is 13.7. The molecule has 0 N–H and O–H groups in total. The highest BCUT2D eigenvalue weighted by Crippen LogP contribution is 2.41. The van der Waals surface area contributed by atoms with Crippen LogP contribution in [0.15, 0.2) is 145 Å². The largest absolute Gasteiger partial charge is 0.342 e. The maximum Gasteiger partial charge on any atom is 0.264 e. The lowest BCUT2D eigenvalue weighted by Crippen LogP contribution is -2.41. The van der Waals surface area contributed by atoms with Crippen molar-refractivity contribution in [2.24, 2.45) is 0 Å². The third-order valence-corrected chi connectivity index (χ3v) is 16.4. The predicted octanol–water partition coefficient (Wildman–Crippen LogP) is 10.4. The number of carbonyl (C=O) groups is 2. The fourth-order valence-electron chi connectivity index (χ4n) is 10.7. The van der Waals surface area contributed by atoms with Crippen LogP contribution in [0.3, 0.4) is 0 Å². The first kappa shape index (κ1) is 52.0. The third-order valence-electron chi connectivity index (χ3n) is 14.3. The molecule has 3 atom stereocenters. The van der Waals surface area contributed by atoms with E-state index < -0.39 is 31.5 Å². The number of hydrogen-bond acceptors (Lipinski definition) is 8. The van der Waals surface area contributed by atoms with Crippen molar-refractivity contribution in [3.05, 3.63) is 211 Å². The van der Waals surface area contributed by atoms with Crippen LogP contribution in [0.5, 0.6) is 0 Å². The van der Waals surface area contributed by atoms with Gasteiger partial charge in [-0.05, 0) is 148 Å². The van der Waals surface area contributed by atoms with E-state index in [4.69, 9.17) is 37.4 Å². The zero-order valence-electron chi connectivity index (χ0n) is 41.3. The SMILES string of the molecule is C=S(C)(=O)CC(C(=O)N1CCC(=C2c3ccc(Cl)cc3CCc3cccnc32)CC1)c1ccccc1.CS(=O)(=O)OCC(C(=O)N1CCC(=C2c3ccc(Cl)cc3CCc3cccnc32)CC1)c1ccccc1. The van der Waals surface area contributed by atoms with Crippen molar-refractivity contribution >= 4 is 71.7 Å². The molecular weight excluding hydrogens is 996 g/mol. The van der Waals surface area contributed by atoms with E-state index in [1.165, 1.54) is 50.1 Å². The first-order chi connectivity index (χ1) is 35.1. The normalized spacial score (nSPS) is 17.3. The molecule has 6 aromatic rings. The number of fused-ring (bicyclic) bond motifs is 4. The maximum atomic E-state index is 13.7. The Morgan fingerprint density at radius 3 is 1.40 bits per heavy atom. The smallest absolute Gasteiger partial charge is 0.264 e. The second-order valence-corrected chi connectivity index (χ2v) is 24.7. The van der Waals surface area contributed by atoms with Crippen LogP contribution >= 0.6 is 23.2 Å². The number of aromatic nitrogens is 2. The summed E-state index contributed by atoms with van der Waals surface area (Å²) in [6.45, 7) is 2.15. The number of pyridine rings is 2. The van der Waals surface area contributed by atoms with Crippen LogP contribution in [0.4, 0.5) is 0 Å². The molecule has 3 unspecified atom stereocenters. The van der Waals surface area contributed by atoms with Gasteiger partial charge < -0.3 is 9.80 Å². The molecule has 4 aliphatic rings. The number of halogens is 2. The fraction of sp³-hybridized carbons (Fsp3) is 0.305. The average molecular weight is 1060 g/mol. The Morgan fingerprint density at radius 1 is 0.562 bits per heavy atom. The van der Waals surface area contributed by atoms with Gasteiger partial charge in [0.05, 0.1) is 36.1 Å². The number of piperidine rings is 2. The lowest BCUT2D eigenvalue weighted by molar-refractivity contribution is -0.134. The Kier molecular flexibility index (Phi) is 16.2. The summed E-state index contributed by atoms with van der Waals surface area (Å²) >= 11 is 12.7. The van der Waals surface area contributed by atoms with E-state index >= 15 is 0 Å². The number of rotatable bonds is 9. The number of aryl methyl sites for hydroxylation is 4. The van der Waals surface area contributed by atoms with E-state index in [9.17, 15) is 22.2 Å². The van der Waals surface area contributed by atoms with Gasteiger partial charge in [-0.15, -0.1) is 0 Å². The van der Waals surface area contributed by atoms with E-state index in [1.807, 2.05) is 113 Å². The van der Waals surface area contributed by atoms with Crippen molar-refractivity contribution in [3.8, 4) is 0 Å². The Labute approximate surface area is 440 Å². The van der Waals surface area contributed by atoms with E-state index in [-0.39, 0.29) is 24.2 Å². The van der Waals surface area contributed by atoms with Gasteiger partial charge >= 0.3 is 0 Å². The number of nitrogens with zero attached hydrogens (tertiary/aromatic N) is 4. The van der Waals surface area contributed by atoms with Crippen LogP contribution < -0.4 is 0 Å². The zero-order valence-corrected chi connectivity index (χ0v) is 44.4. The van der Waals surface area contributed by atoms with Gasteiger partial charge in [-0.3, -0.25) is 27.9 Å². The molecule has 14 heteroatoms. The van der Waals surface area contributed by atoms with Gasteiger partial charge in [-0.2, -0.15) is 8.42 Å². The van der Waals surface area contributed by atoms with Crippen LogP contribution in [-0.2, 0) is 59.1 Å². The van der Waals surface area contributed by atoms with Gasteiger partial charge in [0.25, 0.3) is 10.1 Å². The Balaban J connectivity index is 0.000000180. The minimum Gasteiger partial charge on any atom is -0.342 e. The minimum atomic E-state index is -3.67. The number of carbonyl (C=O) groups excluding carboxylic acids is 2. The summed E-state index contributed by atoms with van der Waals surface area (Å²) in [5, 5.41) is 1.48. The predicted molar refractivity (Wildman–Crippen MR) is 295 cm³/mol. The minimum absolute atomic E-state index is 0.0371. The Hall–Kier alpha value is -5.89. The van der Waals surface area contributed by atoms with Gasteiger partial charge in [0.15, 0.2) is 0 Å². The summed E-state index contributed by atoms with van der Waals surface area (Å²) in [6.07, 6.45) is 13.0. The van der Waals surface area contributed by atoms with Gasteiger partial charge in [0.2, 0.25) is 11.8 Å². The number of hydrogen-bond donors (Lipinski definition) is 0. The van der Waals surface area contributed by atoms with Crippen LogP contribution in [0.25, 0.3) is 11.1 Å².